The number of carbonyl (C=O) groups is 3. The van der Waals surface area contributed by atoms with Gasteiger partial charge in [-0.3, -0.25) is 9.69 Å². The molecule has 2 N–H and O–H groups in total. The highest BCUT2D eigenvalue weighted by atomic mass is 35.5. The summed E-state index contributed by atoms with van der Waals surface area (Å²) in [7, 11) is 0. The fourth-order valence-electron chi connectivity index (χ4n) is 2.96. The van der Waals surface area contributed by atoms with Crippen molar-refractivity contribution in [2.24, 2.45) is 0 Å². The molecule has 0 aliphatic carbocycles. The molecule has 1 aliphatic rings. The smallest absolute Gasteiger partial charge is 0.414 e. The number of rotatable bonds is 5. The van der Waals surface area contributed by atoms with Crippen LogP contribution in [0.1, 0.15) is 12.6 Å². The van der Waals surface area contributed by atoms with Crippen LogP contribution in [-0.2, 0) is 14.4 Å². The number of aromatic nitrogens is 2. The second-order valence-electron chi connectivity index (χ2n) is 6.94. The second-order valence-corrected chi connectivity index (χ2v) is 7.76. The molecule has 1 aromatic heterocycles. The summed E-state index contributed by atoms with van der Waals surface area (Å²) in [5, 5.41) is 20.3. The fourth-order valence-corrected chi connectivity index (χ4v) is 3.25. The summed E-state index contributed by atoms with van der Waals surface area (Å²) in [6.07, 6.45) is 0. The Bertz CT molecular complexity index is 961. The molecule has 0 unspecified atom stereocenters. The number of carboxylic acid groups (broad SMARTS) is 2. The van der Waals surface area contributed by atoms with E-state index in [4.69, 9.17) is 47.7 Å². The fraction of sp³-hybridized carbons (Fsp3) is 0.400. The molecule has 1 amide bonds. The summed E-state index contributed by atoms with van der Waals surface area (Å²) in [6.45, 7) is 8.25. The van der Waals surface area contributed by atoms with E-state index in [1.165, 1.54) is 0 Å². The van der Waals surface area contributed by atoms with Gasteiger partial charge in [-0.25, -0.2) is 14.3 Å². The molecule has 0 radical (unpaired) electrons. The largest absolute Gasteiger partial charge is 0.475 e. The van der Waals surface area contributed by atoms with Gasteiger partial charge in [-0.05, 0) is 25.1 Å². The van der Waals surface area contributed by atoms with Crippen LogP contribution in [0.15, 0.2) is 24.3 Å². The highest BCUT2D eigenvalue weighted by Crippen LogP contribution is 2.25. The Hall–Kier alpha value is -2.82. The van der Waals surface area contributed by atoms with Gasteiger partial charge in [0.1, 0.15) is 6.61 Å². The number of hydrogen-bond acceptors (Lipinski definition) is 6. The van der Waals surface area contributed by atoms with E-state index in [1.807, 2.05) is 24.0 Å². The van der Waals surface area contributed by atoms with Gasteiger partial charge in [0, 0.05) is 51.4 Å². The van der Waals surface area contributed by atoms with E-state index in [1.54, 1.807) is 23.7 Å². The third kappa shape index (κ3) is 7.40. The van der Waals surface area contributed by atoms with Gasteiger partial charge in [-0.1, -0.05) is 23.2 Å². The van der Waals surface area contributed by atoms with E-state index < -0.39 is 11.9 Å². The number of aliphatic carboxylic acids is 2. The van der Waals surface area contributed by atoms with Crippen molar-refractivity contribution in [2.45, 2.75) is 13.8 Å². The van der Waals surface area contributed by atoms with Crippen molar-refractivity contribution in [1.82, 2.24) is 19.6 Å². The van der Waals surface area contributed by atoms with Crippen LogP contribution in [0.4, 0.5) is 0 Å². The Morgan fingerprint density at radius 3 is 2.19 bits per heavy atom. The maximum Gasteiger partial charge on any atom is 0.414 e. The van der Waals surface area contributed by atoms with Crippen molar-refractivity contribution < 1.29 is 29.3 Å². The van der Waals surface area contributed by atoms with E-state index in [-0.39, 0.29) is 5.91 Å². The Balaban J connectivity index is 0.000000534. The first kappa shape index (κ1) is 25.4. The van der Waals surface area contributed by atoms with Crippen molar-refractivity contribution in [2.75, 3.05) is 39.3 Å². The number of halogens is 2. The maximum atomic E-state index is 11.4. The number of ether oxygens (including phenoxy) is 1. The van der Waals surface area contributed by atoms with Gasteiger partial charge in [0.15, 0.2) is 0 Å². The molecular weight excluding hydrogens is 463 g/mol. The Labute approximate surface area is 194 Å². The van der Waals surface area contributed by atoms with Crippen LogP contribution in [0.5, 0.6) is 5.88 Å². The monoisotopic (exact) mass is 486 g/mol. The third-order valence-electron chi connectivity index (χ3n) is 4.67. The van der Waals surface area contributed by atoms with Crippen molar-refractivity contribution in [3.63, 3.8) is 0 Å². The minimum absolute atomic E-state index is 0.143. The van der Waals surface area contributed by atoms with Crippen molar-refractivity contribution in [1.29, 1.82) is 0 Å². The molecule has 12 heteroatoms. The molecule has 0 atom stereocenters. The molecule has 0 spiro atoms. The molecule has 2 aromatic rings. The van der Waals surface area contributed by atoms with Gasteiger partial charge >= 0.3 is 11.9 Å². The lowest BCUT2D eigenvalue weighted by Crippen LogP contribution is -2.48. The summed E-state index contributed by atoms with van der Waals surface area (Å²) >= 11 is 12.1. The van der Waals surface area contributed by atoms with Gasteiger partial charge in [-0.15, -0.1) is 5.10 Å². The van der Waals surface area contributed by atoms with Crippen LogP contribution in [-0.4, -0.2) is 87.0 Å². The summed E-state index contributed by atoms with van der Waals surface area (Å²) in [4.78, 5) is 33.7. The van der Waals surface area contributed by atoms with Crippen LogP contribution in [0.2, 0.25) is 10.0 Å². The van der Waals surface area contributed by atoms with Crippen molar-refractivity contribution in [3.05, 3.63) is 40.0 Å². The minimum Gasteiger partial charge on any atom is -0.475 e. The molecule has 3 rings (SSSR count). The third-order valence-corrected chi connectivity index (χ3v) is 5.41. The Morgan fingerprint density at radius 1 is 1.03 bits per heavy atom. The topological polar surface area (TPSA) is 125 Å². The van der Waals surface area contributed by atoms with E-state index >= 15 is 0 Å². The number of carbonyl (C=O) groups excluding carboxylic acids is 1. The number of benzene rings is 1. The van der Waals surface area contributed by atoms with Crippen LogP contribution in [0.25, 0.3) is 5.69 Å². The standard InChI is InChI=1S/C18H22Cl2N4O2.C2H2O4/c1-13-11-18(21-24(13)15-3-4-16(19)17(20)12-15)26-10-9-22-5-7-23(8-6-22)14(2)25;3-1(4)2(5)6/h3-4,11-12H,5-10H2,1-2H3;(H,3,4)(H,5,6). The lowest BCUT2D eigenvalue weighted by atomic mass is 10.3. The zero-order valence-electron chi connectivity index (χ0n) is 17.6. The number of hydrogen-bond donors (Lipinski definition) is 2. The molecule has 174 valence electrons. The van der Waals surface area contributed by atoms with Gasteiger partial charge in [0.05, 0.1) is 15.7 Å². The number of piperazine rings is 1. The van der Waals surface area contributed by atoms with Gasteiger partial charge in [-0.2, -0.15) is 0 Å². The highest BCUT2D eigenvalue weighted by molar-refractivity contribution is 6.42. The van der Waals surface area contributed by atoms with Crippen LogP contribution in [0.3, 0.4) is 0 Å². The molecule has 1 aliphatic heterocycles. The summed E-state index contributed by atoms with van der Waals surface area (Å²) in [6, 6.07) is 7.30. The van der Waals surface area contributed by atoms with Crippen LogP contribution >= 0.6 is 23.2 Å². The van der Waals surface area contributed by atoms with Crippen LogP contribution < -0.4 is 4.74 Å². The predicted octanol–water partition coefficient (Wildman–Crippen LogP) is 2.19. The van der Waals surface area contributed by atoms with Crippen LogP contribution in [0, 0.1) is 6.92 Å². The SMILES string of the molecule is CC(=O)N1CCN(CCOc2cc(C)n(-c3ccc(Cl)c(Cl)c3)n2)CC1.O=C(O)C(=O)O. The average molecular weight is 487 g/mol. The number of amides is 1. The van der Waals surface area contributed by atoms with Gasteiger partial charge in [0.2, 0.25) is 11.8 Å². The molecule has 1 aromatic carbocycles. The summed E-state index contributed by atoms with van der Waals surface area (Å²) in [5.74, 6) is -2.93. The van der Waals surface area contributed by atoms with E-state index in [2.05, 4.69) is 10.00 Å². The first-order valence-corrected chi connectivity index (χ1v) is 10.4. The molecule has 1 saturated heterocycles. The molecule has 0 bridgehead atoms. The summed E-state index contributed by atoms with van der Waals surface area (Å²) in [5.41, 5.74) is 1.79. The zero-order valence-corrected chi connectivity index (χ0v) is 19.1. The van der Waals surface area contributed by atoms with Gasteiger partial charge < -0.3 is 19.8 Å². The van der Waals surface area contributed by atoms with Crippen molar-refractivity contribution in [3.8, 4) is 11.6 Å². The molecular formula is C20H24Cl2N4O6. The second kappa shape index (κ2) is 11.7. The predicted molar refractivity (Wildman–Crippen MR) is 118 cm³/mol. The molecule has 1 fully saturated rings. The molecule has 0 saturated carbocycles. The highest BCUT2D eigenvalue weighted by Gasteiger charge is 2.18. The zero-order chi connectivity index (χ0) is 23.8. The lowest BCUT2D eigenvalue weighted by Gasteiger charge is -2.33. The molecule has 2 heterocycles. The minimum atomic E-state index is -1.82. The first-order valence-electron chi connectivity index (χ1n) is 9.67. The first-order chi connectivity index (χ1) is 15.1. The van der Waals surface area contributed by atoms with Gasteiger partial charge in [0.25, 0.3) is 0 Å². The Morgan fingerprint density at radius 2 is 1.66 bits per heavy atom. The summed E-state index contributed by atoms with van der Waals surface area (Å²) < 4.78 is 7.59. The molecule has 10 nitrogen and oxygen atoms in total. The molecule has 32 heavy (non-hydrogen) atoms. The van der Waals surface area contributed by atoms with E-state index in [0.29, 0.717) is 22.5 Å². The van der Waals surface area contributed by atoms with E-state index in [0.717, 1.165) is 44.1 Å². The average Bonchev–Trinajstić information content (AvgIpc) is 3.11. The lowest BCUT2D eigenvalue weighted by molar-refractivity contribution is -0.159. The quantitative estimate of drug-likeness (QED) is 0.615. The number of aryl methyl sites for hydroxylation is 1. The normalized spacial score (nSPS) is 13.8. The number of nitrogens with zero attached hydrogens (tertiary/aromatic N) is 4. The van der Waals surface area contributed by atoms with E-state index in [9.17, 15) is 4.79 Å². The maximum absolute atomic E-state index is 11.4. The number of carboxylic acids is 2. The van der Waals surface area contributed by atoms with Crippen molar-refractivity contribution >= 4 is 41.0 Å². The Kier molecular flexibility index (Phi) is 9.30.